The van der Waals surface area contributed by atoms with Crippen LogP contribution in [0.15, 0.2) is 36.5 Å². The van der Waals surface area contributed by atoms with Crippen LogP contribution in [0.2, 0.25) is 0 Å². The van der Waals surface area contributed by atoms with Crippen molar-refractivity contribution in [3.8, 4) is 0 Å². The van der Waals surface area contributed by atoms with Crippen LogP contribution in [0.4, 0.5) is 4.79 Å². The van der Waals surface area contributed by atoms with E-state index in [4.69, 9.17) is 17.0 Å². The zero-order valence-corrected chi connectivity index (χ0v) is 13.0. The minimum Gasteiger partial charge on any atom is -0.443 e. The van der Waals surface area contributed by atoms with E-state index in [9.17, 15) is 4.79 Å². The van der Waals surface area contributed by atoms with Crippen LogP contribution >= 0.6 is 12.2 Å². The van der Waals surface area contributed by atoms with Crippen molar-refractivity contribution in [3.05, 3.63) is 42.1 Å². The molecule has 0 fully saturated rings. The van der Waals surface area contributed by atoms with Crippen LogP contribution in [-0.4, -0.2) is 21.7 Å². The number of benzene rings is 1. The fourth-order valence-corrected chi connectivity index (χ4v) is 1.88. The number of fused-ring (bicyclic) bond motifs is 1. The van der Waals surface area contributed by atoms with Gasteiger partial charge >= 0.3 is 6.09 Å². The van der Waals surface area contributed by atoms with Crippen molar-refractivity contribution in [2.45, 2.75) is 26.4 Å². The summed E-state index contributed by atoms with van der Waals surface area (Å²) in [5.74, 6) is 0. The van der Waals surface area contributed by atoms with Gasteiger partial charge in [-0.2, -0.15) is 0 Å². The Hall–Kier alpha value is -2.21. The van der Waals surface area contributed by atoms with Gasteiger partial charge in [-0.05, 0) is 45.0 Å². The van der Waals surface area contributed by atoms with Crippen LogP contribution in [0.3, 0.4) is 0 Å². The van der Waals surface area contributed by atoms with E-state index in [0.717, 1.165) is 16.5 Å². The molecule has 0 atom stereocenters. The van der Waals surface area contributed by atoms with Gasteiger partial charge in [-0.25, -0.2) is 10.2 Å². The van der Waals surface area contributed by atoms with Crippen molar-refractivity contribution in [2.24, 2.45) is 0 Å². The highest BCUT2D eigenvalue weighted by Gasteiger charge is 2.16. The summed E-state index contributed by atoms with van der Waals surface area (Å²) in [7, 11) is 0. The van der Waals surface area contributed by atoms with Crippen LogP contribution < -0.4 is 10.9 Å². The van der Waals surface area contributed by atoms with Gasteiger partial charge in [0.2, 0.25) is 0 Å². The van der Waals surface area contributed by atoms with Gasteiger partial charge in [-0.3, -0.25) is 10.4 Å². The van der Waals surface area contributed by atoms with Crippen LogP contribution in [0, 0.1) is 0 Å². The fraction of sp³-hybridized carbons (Fsp3) is 0.267. The number of carbonyl (C=O) groups excluding carboxylic acids is 1. The molecule has 0 aliphatic rings. The maximum absolute atomic E-state index is 11.5. The molecule has 0 unspecified atom stereocenters. The zero-order chi connectivity index (χ0) is 15.5. The lowest BCUT2D eigenvalue weighted by molar-refractivity contribution is 0.0513. The highest BCUT2D eigenvalue weighted by atomic mass is 32.1. The Labute approximate surface area is 128 Å². The Kier molecular flexibility index (Phi) is 4.37. The Morgan fingerprint density at radius 3 is 2.71 bits per heavy atom. The molecule has 0 saturated carbocycles. The normalized spacial score (nSPS) is 11.0. The molecule has 2 N–H and O–H groups in total. The molecule has 5 nitrogen and oxygen atoms in total. The van der Waals surface area contributed by atoms with Gasteiger partial charge in [-0.15, -0.1) is 0 Å². The summed E-state index contributed by atoms with van der Waals surface area (Å²) in [6, 6.07) is 9.46. The molecule has 1 heterocycles. The van der Waals surface area contributed by atoms with E-state index in [1.807, 2.05) is 30.3 Å². The van der Waals surface area contributed by atoms with Gasteiger partial charge in [0.15, 0.2) is 0 Å². The molecule has 1 aromatic heterocycles. The largest absolute Gasteiger partial charge is 0.443 e. The van der Waals surface area contributed by atoms with Crippen LogP contribution in [0.5, 0.6) is 0 Å². The summed E-state index contributed by atoms with van der Waals surface area (Å²) in [5, 5.41) is 0.983. The number of nitrogens with zero attached hydrogens (tertiary/aromatic N) is 1. The summed E-state index contributed by atoms with van der Waals surface area (Å²) >= 11 is 5.24. The van der Waals surface area contributed by atoms with Crippen molar-refractivity contribution < 1.29 is 9.53 Å². The standard InChI is InChI=1S/C15H17N3O2S/c1-15(2,3)20-14(19)18-17-13(21)11-6-7-12-10(9-11)5-4-8-16-12/h4-9H,1-3H3,(H,17,21)(H,18,19). The lowest BCUT2D eigenvalue weighted by atomic mass is 10.1. The molecule has 0 aliphatic heterocycles. The Morgan fingerprint density at radius 2 is 2.00 bits per heavy atom. The molecule has 0 spiro atoms. The SMILES string of the molecule is CC(C)(C)OC(=O)NNC(=S)c1ccc2ncccc2c1. The van der Waals surface area contributed by atoms with E-state index < -0.39 is 11.7 Å². The number of pyridine rings is 1. The molecule has 110 valence electrons. The van der Waals surface area contributed by atoms with E-state index in [1.54, 1.807) is 27.0 Å². The smallest absolute Gasteiger partial charge is 0.426 e. The van der Waals surface area contributed by atoms with Gasteiger partial charge in [-0.1, -0.05) is 18.3 Å². The molecule has 6 heteroatoms. The number of hydrogen-bond donors (Lipinski definition) is 2. The second-order valence-electron chi connectivity index (χ2n) is 5.49. The summed E-state index contributed by atoms with van der Waals surface area (Å²) in [4.78, 5) is 16.2. The number of aromatic nitrogens is 1. The van der Waals surface area contributed by atoms with E-state index in [2.05, 4.69) is 15.8 Å². The van der Waals surface area contributed by atoms with E-state index in [0.29, 0.717) is 4.99 Å². The lowest BCUT2D eigenvalue weighted by Crippen LogP contribution is -2.43. The maximum Gasteiger partial charge on any atom is 0.426 e. The number of hydrogen-bond acceptors (Lipinski definition) is 4. The molecule has 2 aromatic rings. The molecule has 21 heavy (non-hydrogen) atoms. The Morgan fingerprint density at radius 1 is 1.24 bits per heavy atom. The predicted molar refractivity (Wildman–Crippen MR) is 85.9 cm³/mol. The van der Waals surface area contributed by atoms with E-state index in [1.165, 1.54) is 0 Å². The molecule has 1 aromatic carbocycles. The molecule has 0 saturated heterocycles. The van der Waals surface area contributed by atoms with Crippen LogP contribution in [-0.2, 0) is 4.74 Å². The summed E-state index contributed by atoms with van der Waals surface area (Å²) in [6.45, 7) is 5.38. The number of ether oxygens (including phenoxy) is 1. The summed E-state index contributed by atoms with van der Waals surface area (Å²) in [6.07, 6.45) is 1.16. The molecular weight excluding hydrogens is 286 g/mol. The third-order valence-corrected chi connectivity index (χ3v) is 2.88. The molecular formula is C15H17N3O2S. The van der Waals surface area contributed by atoms with Gasteiger partial charge in [0.1, 0.15) is 10.6 Å². The number of hydrazine groups is 1. The monoisotopic (exact) mass is 303 g/mol. The van der Waals surface area contributed by atoms with Gasteiger partial charge in [0.05, 0.1) is 5.52 Å². The first-order valence-electron chi connectivity index (χ1n) is 6.49. The van der Waals surface area contributed by atoms with Gasteiger partial charge < -0.3 is 4.74 Å². The average molecular weight is 303 g/mol. The number of rotatable bonds is 1. The quantitative estimate of drug-likeness (QED) is 0.626. The highest BCUT2D eigenvalue weighted by molar-refractivity contribution is 7.80. The van der Waals surface area contributed by atoms with Gasteiger partial charge in [0, 0.05) is 17.1 Å². The van der Waals surface area contributed by atoms with Crippen LogP contribution in [0.1, 0.15) is 26.3 Å². The first-order valence-corrected chi connectivity index (χ1v) is 6.90. The minimum atomic E-state index is -0.577. The molecule has 0 bridgehead atoms. The Bertz CT molecular complexity index is 680. The first kappa shape index (κ1) is 15.2. The third-order valence-electron chi connectivity index (χ3n) is 2.54. The van der Waals surface area contributed by atoms with E-state index in [-0.39, 0.29) is 0 Å². The topological polar surface area (TPSA) is 63.2 Å². The van der Waals surface area contributed by atoms with Crippen molar-refractivity contribution >= 4 is 34.2 Å². The lowest BCUT2D eigenvalue weighted by Gasteiger charge is -2.20. The minimum absolute atomic E-state index is 0.409. The van der Waals surface area contributed by atoms with Crippen molar-refractivity contribution in [1.82, 2.24) is 15.8 Å². The number of thiocarbonyl (C=S) groups is 1. The fourth-order valence-electron chi connectivity index (χ4n) is 1.70. The number of amides is 1. The number of carbonyl (C=O) groups is 1. The van der Waals surface area contributed by atoms with Crippen molar-refractivity contribution in [3.63, 3.8) is 0 Å². The number of nitrogens with one attached hydrogen (secondary N) is 2. The zero-order valence-electron chi connectivity index (χ0n) is 12.1. The second-order valence-corrected chi connectivity index (χ2v) is 5.90. The third kappa shape index (κ3) is 4.39. The molecule has 2 rings (SSSR count). The Balaban J connectivity index is 2.00. The van der Waals surface area contributed by atoms with Crippen molar-refractivity contribution in [2.75, 3.05) is 0 Å². The summed E-state index contributed by atoms with van der Waals surface area (Å²) < 4.78 is 5.11. The summed E-state index contributed by atoms with van der Waals surface area (Å²) in [5.41, 5.74) is 6.22. The molecule has 0 radical (unpaired) electrons. The maximum atomic E-state index is 11.5. The van der Waals surface area contributed by atoms with Crippen molar-refractivity contribution in [1.29, 1.82) is 0 Å². The molecule has 0 aliphatic carbocycles. The predicted octanol–water partition coefficient (Wildman–Crippen LogP) is 2.94. The second kappa shape index (κ2) is 6.05. The van der Waals surface area contributed by atoms with Crippen LogP contribution in [0.25, 0.3) is 10.9 Å². The molecule has 1 amide bonds. The first-order chi connectivity index (χ1) is 9.85. The average Bonchev–Trinajstić information content (AvgIpc) is 2.42. The van der Waals surface area contributed by atoms with E-state index >= 15 is 0 Å². The highest BCUT2D eigenvalue weighted by Crippen LogP contribution is 2.13. The van der Waals surface area contributed by atoms with Gasteiger partial charge in [0.25, 0.3) is 0 Å².